The fourth-order valence-electron chi connectivity index (χ4n) is 15.9. The van der Waals surface area contributed by atoms with E-state index in [0.717, 1.165) is 82.0 Å². The van der Waals surface area contributed by atoms with Crippen LogP contribution in [0.3, 0.4) is 0 Å². The highest BCUT2D eigenvalue weighted by atomic mass is 28.3. The van der Waals surface area contributed by atoms with Gasteiger partial charge in [0, 0.05) is 32.9 Å². The van der Waals surface area contributed by atoms with Gasteiger partial charge in [0.25, 0.3) is 0 Å². The van der Waals surface area contributed by atoms with Gasteiger partial charge in [-0.05, 0) is 124 Å². The molecule has 0 bridgehead atoms. The maximum absolute atomic E-state index is 9.59. The summed E-state index contributed by atoms with van der Waals surface area (Å²) in [6.45, 7) is 0. The van der Waals surface area contributed by atoms with E-state index in [1.165, 1.54) is 26.3 Å². The minimum Gasteiger partial charge on any atom is -0.310 e. The lowest BCUT2D eigenvalue weighted by molar-refractivity contribution is 0.716. The van der Waals surface area contributed by atoms with Crippen LogP contribution in [-0.4, -0.2) is 25.3 Å². The maximum Gasteiger partial charge on any atom is 0.179 e. The summed E-state index contributed by atoms with van der Waals surface area (Å²) in [6, 6.07) is 110. The van der Waals surface area contributed by atoms with Crippen molar-refractivity contribution in [2.45, 2.75) is 5.41 Å². The van der Waals surface area contributed by atoms with Gasteiger partial charge in [0.2, 0.25) is 0 Å². The van der Waals surface area contributed by atoms with Gasteiger partial charge in [-0.3, -0.25) is 0 Å². The fraction of sp³-hybridized carbons (Fsp3) is 0.0118. The number of aromatic nitrogens is 2. The van der Waals surface area contributed by atoms with E-state index >= 15 is 0 Å². The van der Waals surface area contributed by atoms with E-state index in [1.54, 1.807) is 4.57 Å². The van der Waals surface area contributed by atoms with Gasteiger partial charge in [-0.25, -0.2) is 0 Å². The van der Waals surface area contributed by atoms with Gasteiger partial charge in [-0.1, -0.05) is 297 Å². The van der Waals surface area contributed by atoms with E-state index < -0.39 is 45.7 Å². The smallest absolute Gasteiger partial charge is 0.179 e. The Morgan fingerprint density at radius 2 is 0.656 bits per heavy atom. The summed E-state index contributed by atoms with van der Waals surface area (Å²) in [6.07, 6.45) is 0. The Labute approximate surface area is 537 Å². The van der Waals surface area contributed by atoms with Crippen LogP contribution in [0.1, 0.15) is 33.2 Å². The summed E-state index contributed by atoms with van der Waals surface area (Å²) in [4.78, 5) is 2.42. The summed E-state index contributed by atoms with van der Waals surface area (Å²) in [5.74, 6) is 0. The van der Waals surface area contributed by atoms with Crippen LogP contribution in [0.2, 0.25) is 0 Å². The van der Waals surface area contributed by atoms with Gasteiger partial charge < -0.3 is 14.0 Å². The molecule has 14 aromatic carbocycles. The third-order valence-electron chi connectivity index (χ3n) is 19.4. The molecule has 0 aliphatic carbocycles. The van der Waals surface area contributed by atoms with E-state index in [9.17, 15) is 5.48 Å². The molecule has 3 nitrogen and oxygen atoms in total. The molecule has 1 spiro atoms. The number of hydrogen-bond acceptors (Lipinski definition) is 1. The van der Waals surface area contributed by atoms with Gasteiger partial charge in [-0.15, -0.1) is 0 Å². The molecule has 16 aromatic rings. The molecule has 0 radical (unpaired) electrons. The van der Waals surface area contributed by atoms with Crippen LogP contribution in [-0.2, 0) is 5.41 Å². The predicted octanol–water partition coefficient (Wildman–Crippen LogP) is 15.1. The number of fused-ring (bicyclic) bond motifs is 14. The van der Waals surface area contributed by atoms with Crippen molar-refractivity contribution < 1.29 is 11.0 Å². The van der Waals surface area contributed by atoms with Crippen molar-refractivity contribution in [3.63, 3.8) is 0 Å². The first-order chi connectivity index (χ1) is 48.0. The average Bonchev–Trinajstić information content (AvgIpc) is 1.25. The van der Waals surface area contributed by atoms with E-state index in [-0.39, 0.29) is 46.0 Å². The molecule has 90 heavy (non-hydrogen) atoms. The molecule has 0 atom stereocenters. The molecule has 2 aromatic heterocycles. The molecule has 422 valence electrons. The Balaban J connectivity index is 1.000. The number of benzene rings is 14. The second-order valence-electron chi connectivity index (χ2n) is 23.6. The zero-order valence-electron chi connectivity index (χ0n) is 56.8. The molecule has 4 heterocycles. The highest BCUT2D eigenvalue weighted by molar-refractivity contribution is 7.20. The lowest BCUT2D eigenvalue weighted by atomic mass is 9.60. The molecule has 2 aliphatic heterocycles. The van der Waals surface area contributed by atoms with Crippen LogP contribution in [0.4, 0.5) is 17.1 Å². The van der Waals surface area contributed by atoms with Gasteiger partial charge in [0.1, 0.15) is 0 Å². The van der Waals surface area contributed by atoms with Gasteiger partial charge >= 0.3 is 0 Å². The van der Waals surface area contributed by atoms with Gasteiger partial charge in [0.15, 0.2) is 16.1 Å². The SMILES string of the molecule is [2H]c1c([2H])c([2H])c2c(c1[2H])c1c([2H])c([2H])c([2H])c([2H])c1n2-c1cccc([Si](c2ccccc2)(c2ccccc2)c2ccc3c(c2)-n2c4cc([Si](c5ccccc5)(c5ccccc5)c5ccccc5)ccc4c4cccc(c42)C32c3ccccc3N(c3ccccc3)c3ccccc32)c1. The van der Waals surface area contributed by atoms with E-state index in [1.807, 2.05) is 12.1 Å². The second-order valence-corrected chi connectivity index (χ2v) is 31.2. The summed E-state index contributed by atoms with van der Waals surface area (Å²) < 4.78 is 78.0. The largest absolute Gasteiger partial charge is 0.310 e. The monoisotopic (exact) mass is 1190 g/mol. The normalized spacial score (nSPS) is 14.4. The first-order valence-corrected chi connectivity index (χ1v) is 34.7. The Bertz CT molecular complexity index is 5670. The Morgan fingerprint density at radius 1 is 0.256 bits per heavy atom. The van der Waals surface area contributed by atoms with Crippen molar-refractivity contribution in [2.75, 3.05) is 4.90 Å². The van der Waals surface area contributed by atoms with Crippen LogP contribution in [0.25, 0.3) is 55.0 Å². The lowest BCUT2D eigenvalue weighted by Crippen LogP contribution is -2.74. The number of rotatable bonds is 10. The predicted molar refractivity (Wildman–Crippen MR) is 382 cm³/mol. The molecule has 5 heteroatoms. The summed E-state index contributed by atoms with van der Waals surface area (Å²) >= 11 is 0. The van der Waals surface area contributed by atoms with Crippen LogP contribution >= 0.6 is 0 Å². The standard InChI is InChI=1S/C85H59N3Si2/c1-7-29-60(30-8-1)86-80-51-25-21-46-74(80)85(75-47-22-26-52-81(75)86)76-56-54-69(90(65-38-15-5-16-39-65,66-40-17-6-18-41-66)67-42-27-31-61(57-67)87-78-49-23-19-43-70(78)71-44-20-24-50-79(71)87)59-83(76)88-82-58-68(53-55-72(82)73-45-28-48-77(85)84(73)88)89(62-32-9-2-10-33-62,63-34-11-3-12-35-63)64-36-13-4-14-37-64/h1-59H/i19D,20D,23D,24D,43D,44D,49D,50D. The molecule has 0 N–H and O–H groups in total. The Hall–Kier alpha value is -11.1. The number of hydrogen-bond donors (Lipinski definition) is 0. The van der Waals surface area contributed by atoms with Crippen LogP contribution in [0.15, 0.2) is 358 Å². The van der Waals surface area contributed by atoms with Crippen LogP contribution < -0.4 is 46.4 Å². The number of para-hydroxylation sites is 6. The third kappa shape index (κ3) is 7.27. The Morgan fingerprint density at radius 3 is 1.20 bits per heavy atom. The molecule has 18 rings (SSSR count). The maximum atomic E-state index is 9.59. The van der Waals surface area contributed by atoms with Gasteiger partial charge in [0.05, 0.1) is 55.5 Å². The molecule has 0 unspecified atom stereocenters. The highest BCUT2D eigenvalue weighted by Gasteiger charge is 2.52. The summed E-state index contributed by atoms with van der Waals surface area (Å²) in [7, 11) is -6.83. The molecule has 0 saturated carbocycles. The van der Waals surface area contributed by atoms with Crippen molar-refractivity contribution in [1.82, 2.24) is 9.13 Å². The zero-order chi connectivity index (χ0) is 66.3. The molecule has 0 fully saturated rings. The minimum atomic E-state index is -3.71. The first-order valence-electron chi connectivity index (χ1n) is 34.7. The Kier molecular flexibility index (Phi) is 10.1. The quantitative estimate of drug-likeness (QED) is 0.0982. The first kappa shape index (κ1) is 44.4. The van der Waals surface area contributed by atoms with E-state index in [0.29, 0.717) is 5.69 Å². The van der Waals surface area contributed by atoms with Crippen molar-refractivity contribution in [3.8, 4) is 11.4 Å². The topological polar surface area (TPSA) is 13.1 Å². The highest BCUT2D eigenvalue weighted by Crippen LogP contribution is 2.61. The molecule has 0 saturated heterocycles. The van der Waals surface area contributed by atoms with Crippen molar-refractivity contribution >= 4 is 118 Å². The number of anilines is 3. The third-order valence-corrected chi connectivity index (χ3v) is 28.9. The summed E-state index contributed by atoms with van der Waals surface area (Å²) in [5.41, 5.74) is 10.7. The van der Waals surface area contributed by atoms with E-state index in [2.05, 4.69) is 307 Å². The molecular weight excluding hydrogens is 1120 g/mol. The number of nitrogens with zero attached hydrogens (tertiary/aromatic N) is 3. The molecule has 2 aliphatic rings. The van der Waals surface area contributed by atoms with E-state index in [4.69, 9.17) is 5.48 Å². The van der Waals surface area contributed by atoms with Crippen molar-refractivity contribution in [3.05, 3.63) is 380 Å². The van der Waals surface area contributed by atoms with Crippen molar-refractivity contribution in [1.29, 1.82) is 0 Å². The van der Waals surface area contributed by atoms with Crippen molar-refractivity contribution in [2.24, 2.45) is 0 Å². The summed E-state index contributed by atoms with van der Waals surface area (Å²) in [5, 5.41) is 11.6. The fourth-order valence-corrected chi connectivity index (χ4v) is 25.5. The lowest BCUT2D eigenvalue weighted by Gasteiger charge is -2.49. The van der Waals surface area contributed by atoms with Crippen LogP contribution in [0, 0.1) is 0 Å². The van der Waals surface area contributed by atoms with Gasteiger partial charge in [-0.2, -0.15) is 0 Å². The van der Waals surface area contributed by atoms with Crippen LogP contribution in [0.5, 0.6) is 0 Å². The minimum absolute atomic E-state index is 0.0318. The second kappa shape index (κ2) is 20.5. The zero-order valence-corrected chi connectivity index (χ0v) is 50.8. The average molecular weight is 1190 g/mol. The molecular formula is C85H59N3Si2. The molecule has 0 amide bonds.